The number of fused-ring (bicyclic) bond motifs is 1. The number of rotatable bonds is 6. The van der Waals surface area contributed by atoms with Crippen LogP contribution < -0.4 is 4.74 Å². The number of thiazole rings is 1. The Labute approximate surface area is 179 Å². The van der Waals surface area contributed by atoms with Gasteiger partial charge in [0.1, 0.15) is 17.3 Å². The van der Waals surface area contributed by atoms with E-state index in [1.54, 1.807) is 0 Å². The van der Waals surface area contributed by atoms with Crippen molar-refractivity contribution in [1.82, 2.24) is 15.0 Å². The van der Waals surface area contributed by atoms with Gasteiger partial charge in [0.15, 0.2) is 0 Å². The molecule has 0 bridgehead atoms. The molecule has 0 spiro atoms. The fourth-order valence-corrected chi connectivity index (χ4v) is 4.17. The van der Waals surface area contributed by atoms with Crippen molar-refractivity contribution in [3.8, 4) is 5.75 Å². The number of hydrogen-bond donors (Lipinski definition) is 0. The molecule has 0 aliphatic heterocycles. The molecule has 0 N–H and O–H groups in total. The number of benzene rings is 2. The zero-order valence-corrected chi connectivity index (χ0v) is 17.3. The average molecular weight is 450 g/mol. The van der Waals surface area contributed by atoms with E-state index in [0.717, 1.165) is 40.2 Å². The maximum absolute atomic E-state index is 14.9. The van der Waals surface area contributed by atoms with E-state index in [1.807, 2.05) is 25.1 Å². The van der Waals surface area contributed by atoms with Crippen molar-refractivity contribution in [2.75, 3.05) is 6.61 Å². The van der Waals surface area contributed by atoms with Gasteiger partial charge in [0, 0.05) is 12.0 Å². The van der Waals surface area contributed by atoms with Crippen LogP contribution in [0.3, 0.4) is 0 Å². The Morgan fingerprint density at radius 1 is 1.03 bits per heavy atom. The average Bonchev–Trinajstić information content (AvgIpc) is 3.09. The van der Waals surface area contributed by atoms with Crippen LogP contribution in [0.4, 0.5) is 13.2 Å². The number of halogens is 4. The van der Waals surface area contributed by atoms with E-state index in [4.69, 9.17) is 16.3 Å². The minimum absolute atomic E-state index is 0.220. The quantitative estimate of drug-likeness (QED) is 0.338. The summed E-state index contributed by atoms with van der Waals surface area (Å²) in [4.78, 5) is 12.3. The first-order chi connectivity index (χ1) is 14.3. The number of alkyl halides is 2. The fourth-order valence-electron chi connectivity index (χ4n) is 2.96. The largest absolute Gasteiger partial charge is 0.494 e. The molecule has 0 radical (unpaired) electrons. The summed E-state index contributed by atoms with van der Waals surface area (Å²) in [7, 11) is 0. The summed E-state index contributed by atoms with van der Waals surface area (Å²) in [6, 6.07) is 10.8. The van der Waals surface area contributed by atoms with E-state index in [0.29, 0.717) is 17.3 Å². The molecule has 0 saturated heterocycles. The van der Waals surface area contributed by atoms with Crippen molar-refractivity contribution in [2.45, 2.75) is 19.3 Å². The Balaban J connectivity index is 1.65. The second-order valence-electron chi connectivity index (χ2n) is 6.44. The standard InChI is InChI=1S/C21H15ClF3N3OS/c1-2-29-15-7-8-16-17(11-15)30-19(27-16)10-14-9-18(28-20(22)26-14)21(24,25)12-3-5-13(23)6-4-12/h3-9,11H,2,10H2,1H3. The maximum atomic E-state index is 14.9. The predicted octanol–water partition coefficient (Wildman–Crippen LogP) is 6.01. The Morgan fingerprint density at radius 2 is 1.80 bits per heavy atom. The highest BCUT2D eigenvalue weighted by Crippen LogP contribution is 2.35. The molecular weight excluding hydrogens is 435 g/mol. The molecule has 0 atom stereocenters. The van der Waals surface area contributed by atoms with E-state index >= 15 is 0 Å². The van der Waals surface area contributed by atoms with Gasteiger partial charge in [0.25, 0.3) is 0 Å². The van der Waals surface area contributed by atoms with Crippen molar-refractivity contribution in [3.05, 3.63) is 81.6 Å². The smallest absolute Gasteiger partial charge is 0.315 e. The van der Waals surface area contributed by atoms with Crippen molar-refractivity contribution in [3.63, 3.8) is 0 Å². The monoisotopic (exact) mass is 449 g/mol. The first kappa shape index (κ1) is 20.6. The predicted molar refractivity (Wildman–Crippen MR) is 110 cm³/mol. The van der Waals surface area contributed by atoms with Crippen molar-refractivity contribution < 1.29 is 17.9 Å². The molecule has 4 aromatic rings. The van der Waals surface area contributed by atoms with Crippen molar-refractivity contribution in [1.29, 1.82) is 0 Å². The van der Waals surface area contributed by atoms with Crippen LogP contribution in [0, 0.1) is 5.82 Å². The topological polar surface area (TPSA) is 47.9 Å². The maximum Gasteiger partial charge on any atom is 0.315 e. The SMILES string of the molecule is CCOc1ccc2nc(Cc3cc(C(F)(F)c4ccc(F)cc4)nc(Cl)n3)sc2c1. The van der Waals surface area contributed by atoms with Crippen molar-refractivity contribution in [2.24, 2.45) is 0 Å². The van der Waals surface area contributed by atoms with Gasteiger partial charge >= 0.3 is 5.92 Å². The molecule has 0 saturated carbocycles. The molecule has 4 rings (SSSR count). The molecule has 0 aliphatic carbocycles. The van der Waals surface area contributed by atoms with Crippen LogP contribution in [0.5, 0.6) is 5.75 Å². The number of hydrogen-bond acceptors (Lipinski definition) is 5. The molecule has 2 aromatic carbocycles. The van der Waals surface area contributed by atoms with Crippen LogP contribution in [-0.4, -0.2) is 21.6 Å². The van der Waals surface area contributed by atoms with Gasteiger partial charge in [-0.2, -0.15) is 8.78 Å². The highest BCUT2D eigenvalue weighted by molar-refractivity contribution is 7.18. The summed E-state index contributed by atoms with van der Waals surface area (Å²) in [5, 5.41) is 0.411. The lowest BCUT2D eigenvalue weighted by molar-refractivity contribution is 0.0377. The Morgan fingerprint density at radius 3 is 2.53 bits per heavy atom. The van der Waals surface area contributed by atoms with E-state index in [2.05, 4.69) is 15.0 Å². The third kappa shape index (κ3) is 4.24. The lowest BCUT2D eigenvalue weighted by Crippen LogP contribution is -2.18. The molecule has 0 aliphatic rings. The van der Waals surface area contributed by atoms with Crippen LogP contribution in [0.1, 0.15) is 28.9 Å². The van der Waals surface area contributed by atoms with Gasteiger partial charge in [-0.1, -0.05) is 0 Å². The van der Waals surface area contributed by atoms with E-state index < -0.39 is 17.4 Å². The van der Waals surface area contributed by atoms with Gasteiger partial charge in [-0.3, -0.25) is 0 Å². The van der Waals surface area contributed by atoms with Gasteiger partial charge in [-0.15, -0.1) is 11.3 Å². The molecule has 4 nitrogen and oxygen atoms in total. The Hall–Kier alpha value is -2.71. The molecule has 0 fully saturated rings. The summed E-state index contributed by atoms with van der Waals surface area (Å²) >= 11 is 7.35. The van der Waals surface area contributed by atoms with Gasteiger partial charge in [0.05, 0.1) is 27.5 Å². The second-order valence-corrected chi connectivity index (χ2v) is 7.90. The van der Waals surface area contributed by atoms with Gasteiger partial charge in [-0.05, 0) is 67.1 Å². The Bertz CT molecular complexity index is 1200. The normalized spacial score (nSPS) is 11.8. The van der Waals surface area contributed by atoms with Crippen LogP contribution in [0.2, 0.25) is 5.28 Å². The highest BCUT2D eigenvalue weighted by atomic mass is 35.5. The van der Waals surface area contributed by atoms with Crippen LogP contribution >= 0.6 is 22.9 Å². The summed E-state index contributed by atoms with van der Waals surface area (Å²) in [6.45, 7) is 2.46. The minimum atomic E-state index is -3.45. The van der Waals surface area contributed by atoms with E-state index in [1.165, 1.54) is 17.4 Å². The van der Waals surface area contributed by atoms with Crippen molar-refractivity contribution >= 4 is 33.2 Å². The van der Waals surface area contributed by atoms with Gasteiger partial charge in [-0.25, -0.2) is 19.3 Å². The third-order valence-corrected chi connectivity index (χ3v) is 5.52. The fraction of sp³-hybridized carbons (Fsp3) is 0.190. The van der Waals surface area contributed by atoms with Gasteiger partial charge in [0.2, 0.25) is 5.28 Å². The van der Waals surface area contributed by atoms with Gasteiger partial charge < -0.3 is 4.74 Å². The first-order valence-electron chi connectivity index (χ1n) is 9.05. The Kier molecular flexibility index (Phi) is 5.62. The molecule has 2 aromatic heterocycles. The molecule has 0 amide bonds. The zero-order chi connectivity index (χ0) is 21.3. The molecule has 154 valence electrons. The molecule has 30 heavy (non-hydrogen) atoms. The number of ether oxygens (including phenoxy) is 1. The lowest BCUT2D eigenvalue weighted by Gasteiger charge is -2.17. The van der Waals surface area contributed by atoms with E-state index in [9.17, 15) is 13.2 Å². The summed E-state index contributed by atoms with van der Waals surface area (Å²) in [5.74, 6) is -3.31. The second kappa shape index (κ2) is 8.20. The van der Waals surface area contributed by atoms with E-state index in [-0.39, 0.29) is 17.3 Å². The molecule has 2 heterocycles. The summed E-state index contributed by atoms with van der Waals surface area (Å²) in [6.07, 6.45) is 0.220. The summed E-state index contributed by atoms with van der Waals surface area (Å²) < 4.78 is 49.3. The molecular formula is C21H15ClF3N3OS. The third-order valence-electron chi connectivity index (χ3n) is 4.33. The van der Waals surface area contributed by atoms with Crippen LogP contribution in [-0.2, 0) is 12.3 Å². The minimum Gasteiger partial charge on any atom is -0.494 e. The molecule has 0 unspecified atom stereocenters. The lowest BCUT2D eigenvalue weighted by atomic mass is 10.0. The summed E-state index contributed by atoms with van der Waals surface area (Å²) in [5.41, 5.74) is 0.170. The first-order valence-corrected chi connectivity index (χ1v) is 10.2. The number of aromatic nitrogens is 3. The van der Waals surface area contributed by atoms with Crippen LogP contribution in [0.25, 0.3) is 10.2 Å². The van der Waals surface area contributed by atoms with Crippen LogP contribution in [0.15, 0.2) is 48.5 Å². The highest BCUT2D eigenvalue weighted by Gasteiger charge is 2.36. The number of nitrogens with zero attached hydrogens (tertiary/aromatic N) is 3. The zero-order valence-electron chi connectivity index (χ0n) is 15.7. The molecule has 9 heteroatoms.